The molecule has 1 aliphatic heterocycles. The molecule has 0 aromatic heterocycles. The van der Waals surface area contributed by atoms with Crippen LogP contribution in [0.2, 0.25) is 0 Å². The summed E-state index contributed by atoms with van der Waals surface area (Å²) in [5, 5.41) is 0. The van der Waals surface area contributed by atoms with E-state index in [0.717, 1.165) is 12.8 Å². The second-order valence-electron chi connectivity index (χ2n) is 4.16. The number of fused-ring (bicyclic) bond motifs is 1. The molecule has 0 unspecified atom stereocenters. The number of ether oxygens (including phenoxy) is 3. The minimum atomic E-state index is -0.523. The number of methoxy groups -OCH3 is 1. The first-order chi connectivity index (χ1) is 7.65. The zero-order valence-electron chi connectivity index (χ0n) is 8.88. The molecular formula is C11H12FNO3. The molecule has 86 valence electrons. The molecular weight excluding hydrogens is 213 g/mol. The van der Waals surface area contributed by atoms with E-state index in [1.165, 1.54) is 13.2 Å². The maximum Gasteiger partial charge on any atom is 0.231 e. The van der Waals surface area contributed by atoms with Gasteiger partial charge in [-0.1, -0.05) is 0 Å². The number of nitrogens with two attached hydrogens (primary N) is 1. The van der Waals surface area contributed by atoms with Crippen LogP contribution in [0.1, 0.15) is 18.4 Å². The van der Waals surface area contributed by atoms with Crippen LogP contribution in [0.4, 0.5) is 4.39 Å². The lowest BCUT2D eigenvalue weighted by atomic mass is 10.0. The third kappa shape index (κ3) is 1.18. The van der Waals surface area contributed by atoms with Crippen LogP contribution in [0.3, 0.4) is 0 Å². The van der Waals surface area contributed by atoms with E-state index in [4.69, 9.17) is 19.9 Å². The second-order valence-corrected chi connectivity index (χ2v) is 4.16. The Morgan fingerprint density at radius 2 is 2.19 bits per heavy atom. The van der Waals surface area contributed by atoms with Crippen molar-refractivity contribution in [1.82, 2.24) is 0 Å². The van der Waals surface area contributed by atoms with Gasteiger partial charge in [-0.15, -0.1) is 0 Å². The molecule has 3 rings (SSSR count). The topological polar surface area (TPSA) is 53.7 Å². The van der Waals surface area contributed by atoms with Gasteiger partial charge in [0.25, 0.3) is 0 Å². The van der Waals surface area contributed by atoms with Crippen molar-refractivity contribution >= 4 is 0 Å². The van der Waals surface area contributed by atoms with Crippen molar-refractivity contribution in [2.75, 3.05) is 13.9 Å². The normalized spacial score (nSPS) is 19.7. The van der Waals surface area contributed by atoms with Crippen LogP contribution in [-0.2, 0) is 5.54 Å². The summed E-state index contributed by atoms with van der Waals surface area (Å²) in [6, 6.07) is 1.27. The zero-order chi connectivity index (χ0) is 11.3. The highest BCUT2D eigenvalue weighted by Gasteiger charge is 2.47. The zero-order valence-corrected chi connectivity index (χ0v) is 8.88. The van der Waals surface area contributed by atoms with Crippen molar-refractivity contribution in [3.63, 3.8) is 0 Å². The third-order valence-corrected chi connectivity index (χ3v) is 3.06. The van der Waals surface area contributed by atoms with Gasteiger partial charge in [-0.25, -0.2) is 4.39 Å². The molecule has 2 N–H and O–H groups in total. The lowest BCUT2D eigenvalue weighted by Crippen LogP contribution is -2.21. The van der Waals surface area contributed by atoms with Crippen LogP contribution < -0.4 is 19.9 Å². The van der Waals surface area contributed by atoms with Crippen LogP contribution in [-0.4, -0.2) is 13.9 Å². The highest BCUT2D eigenvalue weighted by atomic mass is 19.1. The van der Waals surface area contributed by atoms with Gasteiger partial charge >= 0.3 is 0 Å². The Hall–Kier alpha value is -1.49. The molecule has 1 aromatic carbocycles. The largest absolute Gasteiger partial charge is 0.493 e. The van der Waals surface area contributed by atoms with E-state index in [9.17, 15) is 4.39 Å². The van der Waals surface area contributed by atoms with Gasteiger partial charge in [0.1, 0.15) is 0 Å². The van der Waals surface area contributed by atoms with E-state index in [-0.39, 0.29) is 12.5 Å². The fraction of sp³-hybridized carbons (Fsp3) is 0.455. The lowest BCUT2D eigenvalue weighted by Gasteiger charge is -2.17. The molecule has 2 aliphatic rings. The van der Waals surface area contributed by atoms with Crippen molar-refractivity contribution in [1.29, 1.82) is 0 Å². The summed E-state index contributed by atoms with van der Waals surface area (Å²) >= 11 is 0. The molecule has 0 bridgehead atoms. The van der Waals surface area contributed by atoms with E-state index in [1.807, 2.05) is 0 Å². The van der Waals surface area contributed by atoms with E-state index < -0.39 is 11.4 Å². The highest BCUT2D eigenvalue weighted by Crippen LogP contribution is 2.55. The standard InChI is InChI=1S/C11H12FNO3/c1-14-9-6(12)4-7-10(16-5-15-7)8(9)11(13)2-3-11/h4H,2-3,5,13H2,1H3. The molecule has 1 saturated carbocycles. The minimum absolute atomic E-state index is 0.102. The van der Waals surface area contributed by atoms with Gasteiger partial charge in [0.2, 0.25) is 6.79 Å². The summed E-state index contributed by atoms with van der Waals surface area (Å²) in [6.07, 6.45) is 1.62. The Bertz CT molecular complexity index is 453. The van der Waals surface area contributed by atoms with Crippen molar-refractivity contribution in [3.8, 4) is 17.2 Å². The lowest BCUT2D eigenvalue weighted by molar-refractivity contribution is 0.172. The summed E-state index contributed by atoms with van der Waals surface area (Å²) in [5.41, 5.74) is 6.18. The molecule has 16 heavy (non-hydrogen) atoms. The molecule has 0 saturated heterocycles. The highest BCUT2D eigenvalue weighted by molar-refractivity contribution is 5.60. The molecule has 1 heterocycles. The quantitative estimate of drug-likeness (QED) is 0.828. The first-order valence-corrected chi connectivity index (χ1v) is 5.11. The van der Waals surface area contributed by atoms with Gasteiger partial charge in [0, 0.05) is 11.6 Å². The minimum Gasteiger partial charge on any atom is -0.493 e. The predicted octanol–water partition coefficient (Wildman–Crippen LogP) is 1.51. The van der Waals surface area contributed by atoms with Gasteiger partial charge in [-0.3, -0.25) is 0 Å². The number of halogens is 1. The van der Waals surface area contributed by atoms with E-state index in [0.29, 0.717) is 17.1 Å². The van der Waals surface area contributed by atoms with Crippen molar-refractivity contribution in [2.45, 2.75) is 18.4 Å². The van der Waals surface area contributed by atoms with Gasteiger partial charge in [-0.2, -0.15) is 0 Å². The molecule has 4 nitrogen and oxygen atoms in total. The van der Waals surface area contributed by atoms with E-state index >= 15 is 0 Å². The van der Waals surface area contributed by atoms with Gasteiger partial charge in [0.15, 0.2) is 23.1 Å². The Labute approximate surface area is 92.1 Å². The predicted molar refractivity (Wildman–Crippen MR) is 54.2 cm³/mol. The summed E-state index contributed by atoms with van der Waals surface area (Å²) in [6.45, 7) is 0.102. The monoisotopic (exact) mass is 225 g/mol. The average molecular weight is 225 g/mol. The maximum absolute atomic E-state index is 13.7. The number of hydrogen-bond acceptors (Lipinski definition) is 4. The molecule has 0 spiro atoms. The summed E-state index contributed by atoms with van der Waals surface area (Å²) in [4.78, 5) is 0. The Morgan fingerprint density at radius 1 is 1.44 bits per heavy atom. The van der Waals surface area contributed by atoms with Gasteiger partial charge < -0.3 is 19.9 Å². The Kier molecular flexibility index (Phi) is 1.83. The molecule has 5 heteroatoms. The van der Waals surface area contributed by atoms with Crippen molar-refractivity contribution in [2.24, 2.45) is 5.73 Å². The summed E-state index contributed by atoms with van der Waals surface area (Å²) in [7, 11) is 1.43. The van der Waals surface area contributed by atoms with E-state index in [1.54, 1.807) is 0 Å². The Balaban J connectivity index is 2.26. The summed E-state index contributed by atoms with van der Waals surface area (Å²) < 4.78 is 29.3. The number of benzene rings is 1. The van der Waals surface area contributed by atoms with Gasteiger partial charge in [0.05, 0.1) is 12.7 Å². The smallest absolute Gasteiger partial charge is 0.231 e. The van der Waals surface area contributed by atoms with Gasteiger partial charge in [-0.05, 0) is 12.8 Å². The second kappa shape index (κ2) is 3.01. The van der Waals surface area contributed by atoms with Crippen molar-refractivity contribution < 1.29 is 18.6 Å². The van der Waals surface area contributed by atoms with E-state index in [2.05, 4.69) is 0 Å². The molecule has 0 amide bonds. The fourth-order valence-electron chi connectivity index (χ4n) is 2.03. The van der Waals surface area contributed by atoms with Crippen LogP contribution in [0.5, 0.6) is 17.2 Å². The third-order valence-electron chi connectivity index (χ3n) is 3.06. The molecule has 0 atom stereocenters. The number of rotatable bonds is 2. The number of hydrogen-bond donors (Lipinski definition) is 1. The van der Waals surface area contributed by atoms with Crippen LogP contribution in [0, 0.1) is 5.82 Å². The fourth-order valence-corrected chi connectivity index (χ4v) is 2.03. The first kappa shape index (κ1) is 9.72. The van der Waals surface area contributed by atoms with Crippen molar-refractivity contribution in [3.05, 3.63) is 17.4 Å². The molecule has 1 aliphatic carbocycles. The first-order valence-electron chi connectivity index (χ1n) is 5.11. The van der Waals surface area contributed by atoms with Crippen LogP contribution >= 0.6 is 0 Å². The average Bonchev–Trinajstić information content (AvgIpc) is 2.83. The molecule has 1 fully saturated rings. The molecule has 1 aromatic rings. The summed E-state index contributed by atoms with van der Waals surface area (Å²) in [5.74, 6) is 0.644. The molecule has 0 radical (unpaired) electrons. The van der Waals surface area contributed by atoms with Crippen LogP contribution in [0.15, 0.2) is 6.07 Å². The maximum atomic E-state index is 13.7. The Morgan fingerprint density at radius 3 is 2.81 bits per heavy atom. The SMILES string of the molecule is COc1c(F)cc2c(c1C1(N)CC1)OCO2. The van der Waals surface area contributed by atoms with Crippen LogP contribution in [0.25, 0.3) is 0 Å².